The number of sulfonamides is 1. The van der Waals surface area contributed by atoms with Crippen molar-refractivity contribution in [3.05, 3.63) is 0 Å². The third-order valence-electron chi connectivity index (χ3n) is 5.11. The molecule has 0 aromatic heterocycles. The molecule has 2 aliphatic rings. The average molecular weight is 487 g/mol. The Morgan fingerprint density at radius 3 is 2.52 bits per heavy atom. The average Bonchev–Trinajstić information content (AvgIpc) is 2.96. The number of aliphatic imine (C=N–C) groups is 1. The third kappa shape index (κ3) is 7.96. The summed E-state index contributed by atoms with van der Waals surface area (Å²) in [5, 5.41) is 6.41. The number of nitrogens with zero attached hydrogens (tertiary/aromatic N) is 2. The van der Waals surface area contributed by atoms with Crippen LogP contribution in [0.4, 0.5) is 0 Å². The Morgan fingerprint density at radius 1 is 1.16 bits per heavy atom. The van der Waals surface area contributed by atoms with Crippen LogP contribution in [0.5, 0.6) is 0 Å². The van der Waals surface area contributed by atoms with Crippen molar-refractivity contribution in [3.8, 4) is 0 Å². The number of likely N-dealkylation sites (tertiary alicyclic amines) is 1. The van der Waals surface area contributed by atoms with E-state index in [-0.39, 0.29) is 29.7 Å². The molecule has 0 aromatic rings. The van der Waals surface area contributed by atoms with E-state index in [0.717, 1.165) is 25.9 Å². The van der Waals surface area contributed by atoms with Crippen LogP contribution >= 0.6 is 24.0 Å². The smallest absolute Gasteiger partial charge is 0.213 e. The second-order valence-electron chi connectivity index (χ2n) is 6.77. The molecule has 2 fully saturated rings. The van der Waals surface area contributed by atoms with E-state index in [1.165, 1.54) is 25.8 Å². The fraction of sp³-hybridized carbons (Fsp3) is 0.938. The van der Waals surface area contributed by atoms with Gasteiger partial charge in [0.15, 0.2) is 5.96 Å². The third-order valence-corrected chi connectivity index (χ3v) is 6.46. The van der Waals surface area contributed by atoms with Crippen molar-refractivity contribution in [2.75, 3.05) is 45.5 Å². The van der Waals surface area contributed by atoms with Crippen molar-refractivity contribution in [1.82, 2.24) is 20.3 Å². The van der Waals surface area contributed by atoms with E-state index in [4.69, 9.17) is 0 Å². The molecule has 25 heavy (non-hydrogen) atoms. The monoisotopic (exact) mass is 487 g/mol. The molecule has 1 saturated carbocycles. The minimum Gasteiger partial charge on any atom is -0.355 e. The van der Waals surface area contributed by atoms with Gasteiger partial charge in [-0.2, -0.15) is 0 Å². The van der Waals surface area contributed by atoms with Crippen molar-refractivity contribution >= 4 is 40.0 Å². The topological polar surface area (TPSA) is 85.8 Å². The van der Waals surface area contributed by atoms with Crippen molar-refractivity contribution in [2.24, 2.45) is 10.9 Å². The molecule has 0 aromatic carbocycles. The van der Waals surface area contributed by atoms with Gasteiger partial charge in [-0.1, -0.05) is 13.3 Å². The summed E-state index contributed by atoms with van der Waals surface area (Å²) in [5.74, 6) is 1.28. The first-order valence-corrected chi connectivity index (χ1v) is 10.8. The van der Waals surface area contributed by atoms with Crippen molar-refractivity contribution in [3.63, 3.8) is 0 Å². The van der Waals surface area contributed by atoms with Crippen LogP contribution in [0.15, 0.2) is 4.99 Å². The Kier molecular flexibility index (Phi) is 10.6. The van der Waals surface area contributed by atoms with Gasteiger partial charge in [-0.3, -0.25) is 9.89 Å². The Hall–Kier alpha value is -0.130. The first-order chi connectivity index (χ1) is 11.5. The Morgan fingerprint density at radius 2 is 1.92 bits per heavy atom. The zero-order valence-corrected chi connectivity index (χ0v) is 18.6. The zero-order chi connectivity index (χ0) is 17.4. The predicted octanol–water partition coefficient (Wildman–Crippen LogP) is 0.973. The van der Waals surface area contributed by atoms with Crippen LogP contribution in [-0.2, 0) is 10.0 Å². The van der Waals surface area contributed by atoms with Gasteiger partial charge in [0.05, 0.1) is 5.75 Å². The van der Waals surface area contributed by atoms with Crippen molar-refractivity contribution in [2.45, 2.75) is 45.1 Å². The molecule has 1 unspecified atom stereocenters. The molecule has 0 bridgehead atoms. The highest BCUT2D eigenvalue weighted by Crippen LogP contribution is 2.25. The second kappa shape index (κ2) is 11.6. The second-order valence-corrected chi connectivity index (χ2v) is 8.70. The molecule has 0 amide bonds. The highest BCUT2D eigenvalue weighted by molar-refractivity contribution is 14.0. The Labute approximate surface area is 169 Å². The van der Waals surface area contributed by atoms with Crippen LogP contribution in [0, 0.1) is 5.92 Å². The van der Waals surface area contributed by atoms with E-state index in [0.29, 0.717) is 31.0 Å². The van der Waals surface area contributed by atoms with Crippen molar-refractivity contribution < 1.29 is 8.42 Å². The largest absolute Gasteiger partial charge is 0.355 e. The molecule has 1 heterocycles. The van der Waals surface area contributed by atoms with E-state index < -0.39 is 10.0 Å². The number of guanidine groups is 1. The molecule has 3 N–H and O–H groups in total. The molecular weight excluding hydrogens is 453 g/mol. The summed E-state index contributed by atoms with van der Waals surface area (Å²) >= 11 is 0. The number of hydrogen-bond donors (Lipinski definition) is 3. The van der Waals surface area contributed by atoms with Crippen LogP contribution in [-0.4, -0.2) is 70.8 Å². The van der Waals surface area contributed by atoms with E-state index in [2.05, 4.69) is 32.2 Å². The number of rotatable bonds is 9. The van der Waals surface area contributed by atoms with Gasteiger partial charge < -0.3 is 10.6 Å². The number of likely N-dealkylation sites (N-methyl/N-ethyl adjacent to an activating group) is 1. The van der Waals surface area contributed by atoms with Gasteiger partial charge >= 0.3 is 0 Å². The molecule has 0 radical (unpaired) electrons. The minimum absolute atomic E-state index is 0. The minimum atomic E-state index is -3.20. The van der Waals surface area contributed by atoms with Gasteiger partial charge in [-0.25, -0.2) is 13.1 Å². The van der Waals surface area contributed by atoms with Gasteiger partial charge in [0, 0.05) is 32.7 Å². The quantitative estimate of drug-likeness (QED) is 0.257. The lowest BCUT2D eigenvalue weighted by Crippen LogP contribution is -2.46. The SMILES string of the molecule is CCN1CCCC1CNC(=NC)NCCS(=O)(=O)NCC1CCC1.I. The zero-order valence-electron chi connectivity index (χ0n) is 15.5. The Balaban J connectivity index is 0.00000312. The summed E-state index contributed by atoms with van der Waals surface area (Å²) in [7, 11) is -1.49. The van der Waals surface area contributed by atoms with Gasteiger partial charge in [0.1, 0.15) is 0 Å². The predicted molar refractivity (Wildman–Crippen MR) is 114 cm³/mol. The lowest BCUT2D eigenvalue weighted by molar-refractivity contribution is 0.267. The molecule has 9 heteroatoms. The van der Waals surface area contributed by atoms with Gasteiger partial charge in [0.2, 0.25) is 10.0 Å². The normalized spacial score (nSPS) is 22.3. The van der Waals surface area contributed by atoms with E-state index in [1.807, 2.05) is 0 Å². The summed E-state index contributed by atoms with van der Waals surface area (Å²) in [6.45, 7) is 6.22. The van der Waals surface area contributed by atoms with Gasteiger partial charge in [-0.05, 0) is 44.7 Å². The van der Waals surface area contributed by atoms with Crippen LogP contribution in [0.3, 0.4) is 0 Å². The molecular formula is C16H34IN5O2S. The van der Waals surface area contributed by atoms with Crippen LogP contribution < -0.4 is 15.4 Å². The highest BCUT2D eigenvalue weighted by Gasteiger charge is 2.23. The van der Waals surface area contributed by atoms with Gasteiger partial charge in [-0.15, -0.1) is 24.0 Å². The number of halogens is 1. The summed E-state index contributed by atoms with van der Waals surface area (Å²) in [6.07, 6.45) is 5.97. The van der Waals surface area contributed by atoms with Crippen LogP contribution in [0.25, 0.3) is 0 Å². The van der Waals surface area contributed by atoms with Crippen LogP contribution in [0.1, 0.15) is 39.0 Å². The standard InChI is InChI=1S/C16H33N5O2S.HI/c1-3-21-10-5-8-15(21)13-19-16(17-2)18-9-11-24(22,23)20-12-14-6-4-7-14;/h14-15,20H,3-13H2,1-2H3,(H2,17,18,19);1H. The first-order valence-electron chi connectivity index (χ1n) is 9.20. The molecule has 2 rings (SSSR count). The summed E-state index contributed by atoms with van der Waals surface area (Å²) in [5.41, 5.74) is 0. The molecule has 7 nitrogen and oxygen atoms in total. The maximum Gasteiger partial charge on any atom is 0.213 e. The lowest BCUT2D eigenvalue weighted by Gasteiger charge is -2.25. The summed E-state index contributed by atoms with van der Waals surface area (Å²) in [4.78, 5) is 6.64. The van der Waals surface area contributed by atoms with E-state index >= 15 is 0 Å². The molecule has 148 valence electrons. The highest BCUT2D eigenvalue weighted by atomic mass is 127. The van der Waals surface area contributed by atoms with Gasteiger partial charge in [0.25, 0.3) is 0 Å². The maximum atomic E-state index is 12.0. The van der Waals surface area contributed by atoms with E-state index in [1.54, 1.807) is 7.05 Å². The lowest BCUT2D eigenvalue weighted by atomic mass is 9.86. The molecule has 1 atom stereocenters. The first kappa shape index (κ1) is 22.9. The molecule has 1 saturated heterocycles. The summed E-state index contributed by atoms with van der Waals surface area (Å²) < 4.78 is 26.7. The summed E-state index contributed by atoms with van der Waals surface area (Å²) in [6, 6.07) is 0.543. The maximum absolute atomic E-state index is 12.0. The van der Waals surface area contributed by atoms with Crippen LogP contribution in [0.2, 0.25) is 0 Å². The fourth-order valence-corrected chi connectivity index (χ4v) is 4.30. The van der Waals surface area contributed by atoms with E-state index in [9.17, 15) is 8.42 Å². The Bertz CT molecular complexity index is 511. The molecule has 0 spiro atoms. The number of nitrogens with one attached hydrogen (secondary N) is 3. The molecule has 1 aliphatic heterocycles. The number of hydrogen-bond acceptors (Lipinski definition) is 4. The van der Waals surface area contributed by atoms with Crippen molar-refractivity contribution in [1.29, 1.82) is 0 Å². The molecule has 1 aliphatic carbocycles. The fourth-order valence-electron chi connectivity index (χ4n) is 3.30.